The maximum absolute atomic E-state index is 9.78. The molecule has 0 aromatic heterocycles. The van der Waals surface area contributed by atoms with Crippen molar-refractivity contribution in [3.8, 4) is 0 Å². The predicted octanol–water partition coefficient (Wildman–Crippen LogP) is 0.553. The highest BCUT2D eigenvalue weighted by atomic mass is 16.7. The second-order valence-corrected chi connectivity index (χ2v) is 5.69. The van der Waals surface area contributed by atoms with Crippen LogP contribution in [0.2, 0.25) is 0 Å². The normalized spacial score (nSPS) is 30.7. The lowest BCUT2D eigenvalue weighted by molar-refractivity contribution is -0.181. The average Bonchev–Trinajstić information content (AvgIpc) is 2.77. The summed E-state index contributed by atoms with van der Waals surface area (Å²) in [4.78, 5) is 0. The Morgan fingerprint density at radius 1 is 1.00 bits per heavy atom. The monoisotopic (exact) mass is 306 g/mol. The summed E-state index contributed by atoms with van der Waals surface area (Å²) < 4.78 is 10.7. The number of rotatable bonds is 11. The van der Waals surface area contributed by atoms with Gasteiger partial charge in [0.2, 0.25) is 0 Å². The summed E-state index contributed by atoms with van der Waals surface area (Å²) in [7, 11) is 0. The number of ether oxygens (including phenoxy) is 2. The van der Waals surface area contributed by atoms with Crippen LogP contribution in [0.1, 0.15) is 51.9 Å². The Kier molecular flexibility index (Phi) is 9.39. The highest BCUT2D eigenvalue weighted by Gasteiger charge is 2.46. The van der Waals surface area contributed by atoms with Gasteiger partial charge in [-0.05, 0) is 6.42 Å². The topological polar surface area (TPSA) is 99.4 Å². The van der Waals surface area contributed by atoms with E-state index in [0.29, 0.717) is 6.61 Å². The Morgan fingerprint density at radius 3 is 2.24 bits per heavy atom. The van der Waals surface area contributed by atoms with Gasteiger partial charge >= 0.3 is 0 Å². The lowest BCUT2D eigenvalue weighted by Gasteiger charge is -2.18. The van der Waals surface area contributed by atoms with E-state index in [9.17, 15) is 15.3 Å². The molecule has 6 heteroatoms. The molecule has 1 heterocycles. The molecule has 1 aliphatic rings. The number of aliphatic hydroxyl groups excluding tert-OH is 4. The van der Waals surface area contributed by atoms with E-state index in [1.807, 2.05) is 0 Å². The Balaban J connectivity index is 2.12. The van der Waals surface area contributed by atoms with Crippen molar-refractivity contribution in [2.45, 2.75) is 82.6 Å². The molecule has 5 atom stereocenters. The average molecular weight is 306 g/mol. The van der Waals surface area contributed by atoms with E-state index in [4.69, 9.17) is 14.6 Å². The van der Waals surface area contributed by atoms with Gasteiger partial charge in [0, 0.05) is 6.61 Å². The number of hydrogen-bond acceptors (Lipinski definition) is 6. The SMILES string of the molecule is CCCCCCCCCOC1OC(C(O)CO)C(O)C1O. The van der Waals surface area contributed by atoms with Crippen molar-refractivity contribution in [2.75, 3.05) is 13.2 Å². The Hall–Kier alpha value is -0.240. The lowest BCUT2D eigenvalue weighted by Crippen LogP contribution is -2.40. The number of hydrogen-bond donors (Lipinski definition) is 4. The van der Waals surface area contributed by atoms with E-state index < -0.39 is 37.3 Å². The molecule has 1 aliphatic heterocycles. The third-order valence-electron chi connectivity index (χ3n) is 3.85. The second kappa shape index (κ2) is 10.5. The van der Waals surface area contributed by atoms with Crippen molar-refractivity contribution in [2.24, 2.45) is 0 Å². The molecule has 1 saturated heterocycles. The highest BCUT2D eigenvalue weighted by Crippen LogP contribution is 2.24. The molecule has 1 rings (SSSR count). The summed E-state index contributed by atoms with van der Waals surface area (Å²) in [6.45, 7) is 2.11. The molecule has 0 aromatic carbocycles. The molecule has 0 bridgehead atoms. The summed E-state index contributed by atoms with van der Waals surface area (Å²) in [6.07, 6.45) is 2.54. The van der Waals surface area contributed by atoms with Crippen LogP contribution >= 0.6 is 0 Å². The first-order valence-electron chi connectivity index (χ1n) is 8.04. The molecule has 0 aliphatic carbocycles. The first kappa shape index (κ1) is 18.8. The molecule has 6 nitrogen and oxygen atoms in total. The maximum atomic E-state index is 9.78. The minimum Gasteiger partial charge on any atom is -0.394 e. The standard InChI is InChI=1S/C15H30O6/c1-2-3-4-5-6-7-8-9-20-15-13(19)12(18)14(21-15)11(17)10-16/h11-19H,2-10H2,1H3. The van der Waals surface area contributed by atoms with Gasteiger partial charge in [0.1, 0.15) is 24.4 Å². The number of aliphatic hydroxyl groups is 4. The molecule has 1 fully saturated rings. The molecule has 0 aromatic rings. The van der Waals surface area contributed by atoms with Crippen molar-refractivity contribution >= 4 is 0 Å². The van der Waals surface area contributed by atoms with Crippen LogP contribution in [0.5, 0.6) is 0 Å². The van der Waals surface area contributed by atoms with Gasteiger partial charge in [0.05, 0.1) is 6.61 Å². The van der Waals surface area contributed by atoms with E-state index in [2.05, 4.69) is 6.92 Å². The van der Waals surface area contributed by atoms with Crippen LogP contribution in [0, 0.1) is 0 Å². The first-order valence-corrected chi connectivity index (χ1v) is 8.04. The largest absolute Gasteiger partial charge is 0.394 e. The van der Waals surface area contributed by atoms with Crippen molar-refractivity contribution in [1.82, 2.24) is 0 Å². The molecule has 0 spiro atoms. The van der Waals surface area contributed by atoms with Crippen LogP contribution in [0.15, 0.2) is 0 Å². The lowest BCUT2D eigenvalue weighted by atomic mass is 10.1. The van der Waals surface area contributed by atoms with Gasteiger partial charge in [-0.3, -0.25) is 0 Å². The van der Waals surface area contributed by atoms with Crippen molar-refractivity contribution in [1.29, 1.82) is 0 Å². The fourth-order valence-corrected chi connectivity index (χ4v) is 2.49. The third kappa shape index (κ3) is 6.18. The van der Waals surface area contributed by atoms with Gasteiger partial charge in [0.25, 0.3) is 0 Å². The van der Waals surface area contributed by atoms with Crippen molar-refractivity contribution in [3.05, 3.63) is 0 Å². The van der Waals surface area contributed by atoms with E-state index in [0.717, 1.165) is 12.8 Å². The first-order chi connectivity index (χ1) is 10.1. The minimum absolute atomic E-state index is 0.449. The molecular formula is C15H30O6. The summed E-state index contributed by atoms with van der Waals surface area (Å²) in [5, 5.41) is 37.8. The van der Waals surface area contributed by atoms with E-state index in [1.165, 1.54) is 32.1 Å². The molecule has 0 amide bonds. The summed E-state index contributed by atoms with van der Waals surface area (Å²) in [5.74, 6) is 0. The molecule has 0 radical (unpaired) electrons. The van der Waals surface area contributed by atoms with Crippen molar-refractivity contribution in [3.63, 3.8) is 0 Å². The van der Waals surface area contributed by atoms with Gasteiger partial charge in [0.15, 0.2) is 6.29 Å². The fraction of sp³-hybridized carbons (Fsp3) is 1.00. The van der Waals surface area contributed by atoms with Crippen molar-refractivity contribution < 1.29 is 29.9 Å². The molecule has 4 N–H and O–H groups in total. The number of unbranched alkanes of at least 4 members (excludes halogenated alkanes) is 6. The fourth-order valence-electron chi connectivity index (χ4n) is 2.49. The zero-order valence-electron chi connectivity index (χ0n) is 12.9. The predicted molar refractivity (Wildman–Crippen MR) is 77.7 cm³/mol. The van der Waals surface area contributed by atoms with Crippen LogP contribution in [0.4, 0.5) is 0 Å². The summed E-state index contributed by atoms with van der Waals surface area (Å²) in [6, 6.07) is 0. The van der Waals surface area contributed by atoms with E-state index in [1.54, 1.807) is 0 Å². The molecule has 0 saturated carbocycles. The molecular weight excluding hydrogens is 276 g/mol. The van der Waals surface area contributed by atoms with Gasteiger partial charge in [-0.25, -0.2) is 0 Å². The van der Waals surface area contributed by atoms with Crippen LogP contribution in [-0.2, 0) is 9.47 Å². The third-order valence-corrected chi connectivity index (χ3v) is 3.85. The van der Waals surface area contributed by atoms with Crippen LogP contribution in [0.25, 0.3) is 0 Å². The Morgan fingerprint density at radius 2 is 1.62 bits per heavy atom. The quantitative estimate of drug-likeness (QED) is 0.416. The maximum Gasteiger partial charge on any atom is 0.186 e. The molecule has 5 unspecified atom stereocenters. The highest BCUT2D eigenvalue weighted by molar-refractivity contribution is 4.90. The summed E-state index contributed by atoms with van der Waals surface area (Å²) in [5.41, 5.74) is 0. The van der Waals surface area contributed by atoms with E-state index in [-0.39, 0.29) is 0 Å². The summed E-state index contributed by atoms with van der Waals surface area (Å²) >= 11 is 0. The smallest absolute Gasteiger partial charge is 0.186 e. The second-order valence-electron chi connectivity index (χ2n) is 5.69. The van der Waals surface area contributed by atoms with Gasteiger partial charge < -0.3 is 29.9 Å². The minimum atomic E-state index is -1.24. The van der Waals surface area contributed by atoms with Gasteiger partial charge in [-0.2, -0.15) is 0 Å². The van der Waals surface area contributed by atoms with Crippen LogP contribution < -0.4 is 0 Å². The Labute approximate surface area is 126 Å². The van der Waals surface area contributed by atoms with Crippen LogP contribution in [0.3, 0.4) is 0 Å². The van der Waals surface area contributed by atoms with E-state index >= 15 is 0 Å². The zero-order valence-corrected chi connectivity index (χ0v) is 12.9. The van der Waals surface area contributed by atoms with Crippen LogP contribution in [-0.4, -0.2) is 64.3 Å². The van der Waals surface area contributed by atoms with Gasteiger partial charge in [-0.1, -0.05) is 45.4 Å². The zero-order chi connectivity index (χ0) is 15.7. The Bertz CT molecular complexity index is 263. The molecule has 21 heavy (non-hydrogen) atoms. The molecule has 126 valence electrons. The van der Waals surface area contributed by atoms with Gasteiger partial charge in [-0.15, -0.1) is 0 Å².